The first-order valence-electron chi connectivity index (χ1n) is 10.2. The Bertz CT molecular complexity index is 1080. The van der Waals surface area contributed by atoms with Gasteiger partial charge in [0, 0.05) is 16.6 Å². The molecule has 1 N–H and O–H groups in total. The van der Waals surface area contributed by atoms with E-state index in [2.05, 4.69) is 17.2 Å². The topological polar surface area (TPSA) is 85.4 Å². The Hall–Kier alpha value is -2.97. The third-order valence-corrected chi connectivity index (χ3v) is 6.63. The van der Waals surface area contributed by atoms with Crippen LogP contribution in [-0.2, 0) is 22.4 Å². The molecule has 0 fully saturated rings. The number of hydrogen-bond donors (Lipinski definition) is 1. The SMILES string of the molecule is CCOC(=O)c1ccc(NC(=O)Cc2csc(SCC(=O)c3ccc(CC)cc3)n2)cc1. The third-order valence-electron chi connectivity index (χ3n) is 4.56. The largest absolute Gasteiger partial charge is 0.462 e. The molecule has 6 nitrogen and oxygen atoms in total. The van der Waals surface area contributed by atoms with Crippen LogP contribution in [0.2, 0.25) is 0 Å². The number of hydrogen-bond acceptors (Lipinski definition) is 7. The number of nitrogens with zero attached hydrogens (tertiary/aromatic N) is 1. The molecule has 0 spiro atoms. The van der Waals surface area contributed by atoms with E-state index in [1.807, 2.05) is 29.6 Å². The minimum absolute atomic E-state index is 0.0541. The summed E-state index contributed by atoms with van der Waals surface area (Å²) in [5, 5.41) is 4.62. The molecule has 0 aliphatic carbocycles. The van der Waals surface area contributed by atoms with Gasteiger partial charge < -0.3 is 10.1 Å². The van der Waals surface area contributed by atoms with E-state index in [1.54, 1.807) is 31.2 Å². The standard InChI is InChI=1S/C24H24N2O4S2/c1-3-16-5-7-17(8-6-16)21(27)15-32-24-26-20(14-31-24)13-22(28)25-19-11-9-18(10-12-19)23(29)30-4-2/h5-12,14H,3-4,13,15H2,1-2H3,(H,25,28). The van der Waals surface area contributed by atoms with E-state index < -0.39 is 5.97 Å². The van der Waals surface area contributed by atoms with Gasteiger partial charge in [0.1, 0.15) is 0 Å². The lowest BCUT2D eigenvalue weighted by molar-refractivity contribution is -0.115. The van der Waals surface area contributed by atoms with Crippen molar-refractivity contribution in [1.82, 2.24) is 4.98 Å². The number of rotatable bonds is 10. The highest BCUT2D eigenvalue weighted by Gasteiger charge is 2.12. The van der Waals surface area contributed by atoms with E-state index in [4.69, 9.17) is 4.74 Å². The Balaban J connectivity index is 1.48. The molecule has 0 aliphatic rings. The first-order chi connectivity index (χ1) is 15.5. The van der Waals surface area contributed by atoms with Crippen LogP contribution in [0.4, 0.5) is 5.69 Å². The van der Waals surface area contributed by atoms with Crippen molar-refractivity contribution >= 4 is 46.4 Å². The summed E-state index contributed by atoms with van der Waals surface area (Å²) in [6, 6.07) is 14.2. The van der Waals surface area contributed by atoms with Crippen molar-refractivity contribution in [2.75, 3.05) is 17.7 Å². The summed E-state index contributed by atoms with van der Waals surface area (Å²) >= 11 is 2.79. The van der Waals surface area contributed by atoms with E-state index in [9.17, 15) is 14.4 Å². The molecule has 0 radical (unpaired) electrons. The first kappa shape index (κ1) is 23.7. The highest BCUT2D eigenvalue weighted by Crippen LogP contribution is 2.24. The number of ether oxygens (including phenoxy) is 1. The molecule has 0 saturated heterocycles. The van der Waals surface area contributed by atoms with Crippen LogP contribution in [0, 0.1) is 0 Å². The summed E-state index contributed by atoms with van der Waals surface area (Å²) in [7, 11) is 0. The van der Waals surface area contributed by atoms with Gasteiger partial charge in [-0.15, -0.1) is 11.3 Å². The Kier molecular flexibility index (Phi) is 8.58. The number of nitrogens with one attached hydrogen (secondary N) is 1. The smallest absolute Gasteiger partial charge is 0.338 e. The number of thiazole rings is 1. The number of anilines is 1. The van der Waals surface area contributed by atoms with E-state index in [-0.39, 0.29) is 18.1 Å². The molecule has 8 heteroatoms. The first-order valence-corrected chi connectivity index (χ1v) is 12.1. The van der Waals surface area contributed by atoms with Gasteiger partial charge >= 0.3 is 5.97 Å². The molecule has 1 heterocycles. The number of benzene rings is 2. The number of ketones is 1. The molecule has 0 atom stereocenters. The molecule has 2 aromatic carbocycles. The molecule has 1 aromatic heterocycles. The third kappa shape index (κ3) is 6.77. The van der Waals surface area contributed by atoms with Gasteiger partial charge in [-0.25, -0.2) is 9.78 Å². The minimum Gasteiger partial charge on any atom is -0.462 e. The van der Waals surface area contributed by atoms with Gasteiger partial charge in [0.2, 0.25) is 5.91 Å². The van der Waals surface area contributed by atoms with Gasteiger partial charge in [-0.2, -0.15) is 0 Å². The molecule has 3 aromatic rings. The number of esters is 1. The monoisotopic (exact) mass is 468 g/mol. The molecule has 0 unspecified atom stereocenters. The predicted octanol–water partition coefficient (Wildman–Crippen LogP) is 5.04. The average Bonchev–Trinajstić information content (AvgIpc) is 3.25. The Morgan fingerprint density at radius 3 is 2.34 bits per heavy atom. The van der Waals surface area contributed by atoms with Crippen molar-refractivity contribution in [3.05, 3.63) is 76.3 Å². The second-order valence-electron chi connectivity index (χ2n) is 6.89. The number of thioether (sulfide) groups is 1. The van der Waals surface area contributed by atoms with Crippen LogP contribution in [0.15, 0.2) is 58.3 Å². The summed E-state index contributed by atoms with van der Waals surface area (Å²) in [6.07, 6.45) is 1.07. The quantitative estimate of drug-likeness (QED) is 0.255. The maximum atomic E-state index is 12.4. The van der Waals surface area contributed by atoms with Crippen LogP contribution in [-0.4, -0.2) is 35.0 Å². The number of aromatic nitrogens is 1. The van der Waals surface area contributed by atoms with Gasteiger partial charge in [0.25, 0.3) is 0 Å². The predicted molar refractivity (Wildman–Crippen MR) is 128 cm³/mol. The number of carbonyl (C=O) groups is 3. The van der Waals surface area contributed by atoms with Crippen molar-refractivity contribution in [3.8, 4) is 0 Å². The fourth-order valence-electron chi connectivity index (χ4n) is 2.85. The molecule has 0 bridgehead atoms. The van der Waals surface area contributed by atoms with E-state index >= 15 is 0 Å². The number of Topliss-reactive ketones (excluding diaryl/α,β-unsaturated/α-hetero) is 1. The van der Waals surface area contributed by atoms with Crippen LogP contribution < -0.4 is 5.32 Å². The molecule has 0 saturated carbocycles. The molecule has 32 heavy (non-hydrogen) atoms. The second kappa shape index (κ2) is 11.6. The molecule has 166 valence electrons. The van der Waals surface area contributed by atoms with Crippen LogP contribution >= 0.6 is 23.1 Å². The van der Waals surface area contributed by atoms with Gasteiger partial charge in [0.05, 0.1) is 30.0 Å². The maximum absolute atomic E-state index is 12.4. The minimum atomic E-state index is -0.394. The molecule has 1 amide bonds. The van der Waals surface area contributed by atoms with Gasteiger partial charge in [-0.05, 0) is 43.2 Å². The zero-order chi connectivity index (χ0) is 22.9. The van der Waals surface area contributed by atoms with E-state index in [0.29, 0.717) is 34.9 Å². The van der Waals surface area contributed by atoms with Crippen molar-refractivity contribution in [1.29, 1.82) is 0 Å². The summed E-state index contributed by atoms with van der Waals surface area (Å²) in [5.74, 6) is -0.243. The van der Waals surface area contributed by atoms with Crippen molar-refractivity contribution in [2.24, 2.45) is 0 Å². The zero-order valence-electron chi connectivity index (χ0n) is 17.9. The fourth-order valence-corrected chi connectivity index (χ4v) is 4.59. The van der Waals surface area contributed by atoms with Gasteiger partial charge in [-0.1, -0.05) is 43.0 Å². The maximum Gasteiger partial charge on any atom is 0.338 e. The highest BCUT2D eigenvalue weighted by atomic mass is 32.2. The summed E-state index contributed by atoms with van der Waals surface area (Å²) < 4.78 is 5.70. The molecule has 3 rings (SSSR count). The van der Waals surface area contributed by atoms with E-state index in [1.165, 1.54) is 28.7 Å². The Labute approximate surface area is 195 Å². The zero-order valence-corrected chi connectivity index (χ0v) is 19.6. The van der Waals surface area contributed by atoms with Crippen molar-refractivity contribution in [2.45, 2.75) is 31.0 Å². The van der Waals surface area contributed by atoms with Crippen molar-refractivity contribution < 1.29 is 19.1 Å². The lowest BCUT2D eigenvalue weighted by atomic mass is 10.1. The normalized spacial score (nSPS) is 10.6. The molecule has 0 aliphatic heterocycles. The van der Waals surface area contributed by atoms with Crippen LogP contribution in [0.5, 0.6) is 0 Å². The number of aryl methyl sites for hydroxylation is 1. The molecular weight excluding hydrogens is 444 g/mol. The van der Waals surface area contributed by atoms with E-state index in [0.717, 1.165) is 10.8 Å². The van der Waals surface area contributed by atoms with Gasteiger partial charge in [-0.3, -0.25) is 9.59 Å². The Morgan fingerprint density at radius 2 is 1.69 bits per heavy atom. The Morgan fingerprint density at radius 1 is 1.00 bits per heavy atom. The lowest BCUT2D eigenvalue weighted by Crippen LogP contribution is -2.14. The second-order valence-corrected chi connectivity index (χ2v) is 8.97. The molecular formula is C24H24N2O4S2. The van der Waals surface area contributed by atoms with Crippen LogP contribution in [0.25, 0.3) is 0 Å². The summed E-state index contributed by atoms with van der Waals surface area (Å²) in [6.45, 7) is 4.14. The average molecular weight is 469 g/mol. The summed E-state index contributed by atoms with van der Waals surface area (Å²) in [5.41, 5.74) is 3.57. The van der Waals surface area contributed by atoms with Gasteiger partial charge in [0.15, 0.2) is 10.1 Å². The van der Waals surface area contributed by atoms with Crippen molar-refractivity contribution in [3.63, 3.8) is 0 Å². The number of carbonyl (C=O) groups excluding carboxylic acids is 3. The van der Waals surface area contributed by atoms with Crippen LogP contribution in [0.1, 0.15) is 45.8 Å². The van der Waals surface area contributed by atoms with Crippen LogP contribution in [0.3, 0.4) is 0 Å². The highest BCUT2D eigenvalue weighted by molar-refractivity contribution is 8.01. The lowest BCUT2D eigenvalue weighted by Gasteiger charge is -2.06. The number of amides is 1. The fraction of sp³-hybridized carbons (Fsp3) is 0.250. The summed E-state index contributed by atoms with van der Waals surface area (Å²) in [4.78, 5) is 40.8.